The van der Waals surface area contributed by atoms with Crippen molar-refractivity contribution in [2.75, 3.05) is 39.6 Å². The minimum atomic E-state index is -4.96. The van der Waals surface area contributed by atoms with Crippen LogP contribution in [0.1, 0.15) is 414 Å². The average molecular weight is 1440 g/mol. The Kier molecular flexibility index (Phi) is 69.3. The summed E-state index contributed by atoms with van der Waals surface area (Å²) in [6.07, 6.45) is 59.4. The molecule has 3 N–H and O–H groups in total. The SMILES string of the molecule is CCCCCCCCCCCCCCCC(=O)O[C@H](COC(=O)CCCCCCCCCCCCC)COP(=O)(O)OC[C@H](O)COP(=O)(O)OC[C@@H](COC(=O)CCCCCCCCCCCCCCCC(C)C)OC(=O)CCCCCCCCCCCCCCCCC(C)CC. The molecule has 0 amide bonds. The highest BCUT2D eigenvalue weighted by Crippen LogP contribution is 2.45. The molecule has 3 unspecified atom stereocenters. The number of esters is 4. The molecule has 19 heteroatoms. The smallest absolute Gasteiger partial charge is 0.462 e. The third kappa shape index (κ3) is 71.1. The van der Waals surface area contributed by atoms with E-state index in [-0.39, 0.29) is 25.7 Å². The molecule has 0 aromatic rings. The van der Waals surface area contributed by atoms with Crippen molar-refractivity contribution in [2.45, 2.75) is 432 Å². The summed E-state index contributed by atoms with van der Waals surface area (Å²) in [4.78, 5) is 73.0. The Morgan fingerprint density at radius 2 is 0.520 bits per heavy atom. The number of hydrogen-bond acceptors (Lipinski definition) is 15. The lowest BCUT2D eigenvalue weighted by molar-refractivity contribution is -0.161. The quantitative estimate of drug-likeness (QED) is 0.0222. The number of ether oxygens (including phenoxy) is 4. The molecule has 0 aliphatic rings. The minimum absolute atomic E-state index is 0.108. The van der Waals surface area contributed by atoms with Crippen molar-refractivity contribution in [3.63, 3.8) is 0 Å². The standard InChI is InChI=1S/C79H154O17P2/c1-7-10-12-14-16-18-20-24-33-39-45-51-57-63-78(83)95-74(67-89-76(81)61-55-49-43-37-29-19-17-15-13-11-8-2)69-93-97(85,86)91-65-73(80)66-92-98(87,88)94-70-75(68-90-77(82)62-56-50-44-38-32-28-23-25-30-35-41-47-53-59-71(4)5)96-79(84)64-58-52-46-40-34-27-22-21-26-31-36-42-48-54-60-72(6)9-3/h71-75,80H,7-70H2,1-6H3,(H,85,86)(H,87,88)/t72?,73-,74+,75+/m0/s1. The van der Waals surface area contributed by atoms with E-state index in [0.717, 1.165) is 102 Å². The van der Waals surface area contributed by atoms with Gasteiger partial charge in [-0.3, -0.25) is 37.3 Å². The molecule has 98 heavy (non-hydrogen) atoms. The van der Waals surface area contributed by atoms with Crippen molar-refractivity contribution < 1.29 is 80.2 Å². The largest absolute Gasteiger partial charge is 0.472 e. The van der Waals surface area contributed by atoms with Crippen LogP contribution in [0.25, 0.3) is 0 Å². The average Bonchev–Trinajstić information content (AvgIpc) is 0.933. The van der Waals surface area contributed by atoms with Gasteiger partial charge in [-0.05, 0) is 37.5 Å². The van der Waals surface area contributed by atoms with E-state index in [4.69, 9.17) is 37.0 Å². The van der Waals surface area contributed by atoms with Crippen LogP contribution in [-0.2, 0) is 65.4 Å². The number of carbonyl (C=O) groups is 4. The third-order valence-electron chi connectivity index (χ3n) is 18.8. The molecule has 0 aliphatic heterocycles. The molecule has 0 fully saturated rings. The maximum atomic E-state index is 13.1. The lowest BCUT2D eigenvalue weighted by Crippen LogP contribution is -2.30. The van der Waals surface area contributed by atoms with Crippen molar-refractivity contribution >= 4 is 39.5 Å². The van der Waals surface area contributed by atoms with E-state index in [9.17, 15) is 43.2 Å². The number of aliphatic hydroxyl groups excluding tert-OH is 1. The van der Waals surface area contributed by atoms with Gasteiger partial charge < -0.3 is 33.8 Å². The molecule has 6 atom stereocenters. The van der Waals surface area contributed by atoms with Crippen molar-refractivity contribution in [1.82, 2.24) is 0 Å². The summed E-state index contributed by atoms with van der Waals surface area (Å²) in [5.41, 5.74) is 0. The maximum Gasteiger partial charge on any atom is 0.472 e. The Labute approximate surface area is 600 Å². The van der Waals surface area contributed by atoms with Gasteiger partial charge in [-0.15, -0.1) is 0 Å². The maximum absolute atomic E-state index is 13.1. The Morgan fingerprint density at radius 1 is 0.296 bits per heavy atom. The fourth-order valence-electron chi connectivity index (χ4n) is 12.2. The highest BCUT2D eigenvalue weighted by molar-refractivity contribution is 7.47. The minimum Gasteiger partial charge on any atom is -0.462 e. The van der Waals surface area contributed by atoms with Gasteiger partial charge in [0.1, 0.15) is 19.3 Å². The topological polar surface area (TPSA) is 237 Å². The monoisotopic (exact) mass is 1440 g/mol. The highest BCUT2D eigenvalue weighted by Gasteiger charge is 2.30. The number of aliphatic hydroxyl groups is 1. The zero-order valence-electron chi connectivity index (χ0n) is 64.1. The van der Waals surface area contributed by atoms with E-state index in [1.54, 1.807) is 0 Å². The molecule has 0 aromatic heterocycles. The first-order valence-electron chi connectivity index (χ1n) is 41.0. The highest BCUT2D eigenvalue weighted by atomic mass is 31.2. The van der Waals surface area contributed by atoms with Crippen molar-refractivity contribution in [2.24, 2.45) is 11.8 Å². The summed E-state index contributed by atoms with van der Waals surface area (Å²) in [6.45, 7) is 9.70. The Balaban J connectivity index is 5.25. The number of phosphoric ester groups is 2. The molecule has 582 valence electrons. The van der Waals surface area contributed by atoms with Crippen LogP contribution in [0.4, 0.5) is 0 Å². The van der Waals surface area contributed by atoms with Crippen LogP contribution in [0.15, 0.2) is 0 Å². The number of rotatable bonds is 78. The van der Waals surface area contributed by atoms with Crippen LogP contribution < -0.4 is 0 Å². The second-order valence-electron chi connectivity index (χ2n) is 29.2. The predicted octanol–water partition coefficient (Wildman–Crippen LogP) is 23.5. The molecule has 0 heterocycles. The summed E-state index contributed by atoms with van der Waals surface area (Å²) >= 11 is 0. The first-order chi connectivity index (χ1) is 47.4. The summed E-state index contributed by atoms with van der Waals surface area (Å²) in [7, 11) is -9.92. The Bertz CT molecular complexity index is 1890. The number of hydrogen-bond donors (Lipinski definition) is 3. The Morgan fingerprint density at radius 3 is 0.776 bits per heavy atom. The van der Waals surface area contributed by atoms with Crippen LogP contribution in [0.3, 0.4) is 0 Å². The fraction of sp³-hybridized carbons (Fsp3) is 0.949. The van der Waals surface area contributed by atoms with Crippen LogP contribution in [0.5, 0.6) is 0 Å². The molecule has 0 aliphatic carbocycles. The van der Waals surface area contributed by atoms with Crippen molar-refractivity contribution in [3.8, 4) is 0 Å². The van der Waals surface area contributed by atoms with Gasteiger partial charge in [0, 0.05) is 25.7 Å². The molecule has 0 saturated carbocycles. The third-order valence-corrected chi connectivity index (χ3v) is 20.7. The lowest BCUT2D eigenvalue weighted by atomic mass is 9.99. The van der Waals surface area contributed by atoms with Gasteiger partial charge in [0.05, 0.1) is 26.4 Å². The van der Waals surface area contributed by atoms with Gasteiger partial charge in [0.15, 0.2) is 12.2 Å². The summed E-state index contributed by atoms with van der Waals surface area (Å²) in [5.74, 6) is -0.472. The molecule has 0 spiro atoms. The summed E-state index contributed by atoms with van der Waals surface area (Å²) < 4.78 is 68.7. The first kappa shape index (κ1) is 96.1. The molecule has 0 aromatic carbocycles. The molecular formula is C79H154O17P2. The van der Waals surface area contributed by atoms with Gasteiger partial charge in [0.25, 0.3) is 0 Å². The fourth-order valence-corrected chi connectivity index (χ4v) is 13.7. The number of phosphoric acid groups is 2. The van der Waals surface area contributed by atoms with Crippen LogP contribution in [0.2, 0.25) is 0 Å². The molecule has 0 radical (unpaired) electrons. The molecule has 17 nitrogen and oxygen atoms in total. The van der Waals surface area contributed by atoms with Crippen LogP contribution in [0, 0.1) is 11.8 Å². The van der Waals surface area contributed by atoms with Crippen molar-refractivity contribution in [1.29, 1.82) is 0 Å². The molecule has 0 saturated heterocycles. The number of carbonyl (C=O) groups excluding carboxylic acids is 4. The molecule has 0 rings (SSSR count). The van der Waals surface area contributed by atoms with E-state index in [1.807, 2.05) is 0 Å². The number of unbranched alkanes of at least 4 members (excludes halogenated alkanes) is 47. The zero-order chi connectivity index (χ0) is 72.1. The van der Waals surface area contributed by atoms with Gasteiger partial charge in [-0.25, -0.2) is 9.13 Å². The van der Waals surface area contributed by atoms with E-state index in [2.05, 4.69) is 41.5 Å². The first-order valence-corrected chi connectivity index (χ1v) is 44.0. The second kappa shape index (κ2) is 70.7. The van der Waals surface area contributed by atoms with Crippen LogP contribution >= 0.6 is 15.6 Å². The van der Waals surface area contributed by atoms with E-state index >= 15 is 0 Å². The van der Waals surface area contributed by atoms with Crippen molar-refractivity contribution in [3.05, 3.63) is 0 Å². The second-order valence-corrected chi connectivity index (χ2v) is 32.1. The molecule has 0 bridgehead atoms. The summed E-state index contributed by atoms with van der Waals surface area (Å²) in [5, 5.41) is 10.6. The lowest BCUT2D eigenvalue weighted by Gasteiger charge is -2.21. The van der Waals surface area contributed by atoms with Gasteiger partial charge >= 0.3 is 39.5 Å². The van der Waals surface area contributed by atoms with E-state index < -0.39 is 97.5 Å². The van der Waals surface area contributed by atoms with E-state index in [1.165, 1.54) is 231 Å². The zero-order valence-corrected chi connectivity index (χ0v) is 65.9. The van der Waals surface area contributed by atoms with Gasteiger partial charge in [-0.1, -0.05) is 363 Å². The Hall–Kier alpha value is -1.94. The van der Waals surface area contributed by atoms with Gasteiger partial charge in [0.2, 0.25) is 0 Å². The predicted molar refractivity (Wildman–Crippen MR) is 400 cm³/mol. The normalized spacial score (nSPS) is 14.2. The van der Waals surface area contributed by atoms with Gasteiger partial charge in [-0.2, -0.15) is 0 Å². The summed E-state index contributed by atoms with van der Waals surface area (Å²) in [6, 6.07) is 0. The van der Waals surface area contributed by atoms with Crippen LogP contribution in [-0.4, -0.2) is 96.7 Å². The van der Waals surface area contributed by atoms with E-state index in [0.29, 0.717) is 25.7 Å². The molecular weight excluding hydrogens is 1280 g/mol.